The smallest absolute Gasteiger partial charge is 0.223 e. The van der Waals surface area contributed by atoms with Crippen molar-refractivity contribution >= 4 is 17.1 Å². The highest BCUT2D eigenvalue weighted by atomic mass is 16.5. The molecule has 8 heteroatoms. The van der Waals surface area contributed by atoms with Crippen molar-refractivity contribution in [1.29, 1.82) is 0 Å². The Morgan fingerprint density at radius 1 is 1.25 bits per heavy atom. The van der Waals surface area contributed by atoms with Crippen LogP contribution in [-0.2, 0) is 19.5 Å². The summed E-state index contributed by atoms with van der Waals surface area (Å²) in [6, 6.07) is 0. The van der Waals surface area contributed by atoms with Gasteiger partial charge in [0, 0.05) is 26.4 Å². The van der Waals surface area contributed by atoms with Crippen LogP contribution in [0.2, 0.25) is 0 Å². The SMILES string of the molecule is CCn1nc(C)c2nc(N)n(CCc3noc(C)n3)c21. The number of fused-ring (bicyclic) bond motifs is 1. The maximum absolute atomic E-state index is 6.01. The fourth-order valence-corrected chi connectivity index (χ4v) is 2.34. The van der Waals surface area contributed by atoms with E-state index in [0.717, 1.165) is 23.4 Å². The summed E-state index contributed by atoms with van der Waals surface area (Å²) in [4.78, 5) is 8.58. The van der Waals surface area contributed by atoms with Crippen molar-refractivity contribution in [3.63, 3.8) is 0 Å². The van der Waals surface area contributed by atoms with Gasteiger partial charge >= 0.3 is 0 Å². The molecule has 0 atom stereocenters. The maximum atomic E-state index is 6.01. The van der Waals surface area contributed by atoms with Crippen molar-refractivity contribution in [2.24, 2.45) is 0 Å². The van der Waals surface area contributed by atoms with Crippen LogP contribution < -0.4 is 5.73 Å². The van der Waals surface area contributed by atoms with E-state index in [0.29, 0.717) is 30.6 Å². The number of nitrogens with zero attached hydrogens (tertiary/aromatic N) is 6. The van der Waals surface area contributed by atoms with Gasteiger partial charge in [0.1, 0.15) is 5.52 Å². The second kappa shape index (κ2) is 4.62. The van der Waals surface area contributed by atoms with Crippen molar-refractivity contribution in [2.75, 3.05) is 5.73 Å². The third-order valence-electron chi connectivity index (χ3n) is 3.26. The second-order valence-electron chi connectivity index (χ2n) is 4.67. The average molecular weight is 275 g/mol. The van der Waals surface area contributed by atoms with Gasteiger partial charge in [0.25, 0.3) is 0 Å². The van der Waals surface area contributed by atoms with Crippen molar-refractivity contribution in [3.8, 4) is 0 Å². The minimum atomic E-state index is 0.489. The topological polar surface area (TPSA) is 101 Å². The summed E-state index contributed by atoms with van der Waals surface area (Å²) >= 11 is 0. The van der Waals surface area contributed by atoms with Gasteiger partial charge in [-0.05, 0) is 13.8 Å². The molecule has 0 radical (unpaired) electrons. The van der Waals surface area contributed by atoms with Crippen molar-refractivity contribution < 1.29 is 4.52 Å². The van der Waals surface area contributed by atoms with Crippen LogP contribution in [0.15, 0.2) is 4.52 Å². The van der Waals surface area contributed by atoms with Crippen molar-refractivity contribution in [1.82, 2.24) is 29.5 Å². The molecule has 3 heterocycles. The molecule has 0 amide bonds. The second-order valence-corrected chi connectivity index (χ2v) is 4.67. The maximum Gasteiger partial charge on any atom is 0.223 e. The number of aryl methyl sites for hydroxylation is 5. The van der Waals surface area contributed by atoms with Crippen molar-refractivity contribution in [3.05, 3.63) is 17.4 Å². The Morgan fingerprint density at radius 2 is 2.05 bits per heavy atom. The fourth-order valence-electron chi connectivity index (χ4n) is 2.34. The number of hydrogen-bond acceptors (Lipinski definition) is 6. The van der Waals surface area contributed by atoms with Gasteiger partial charge in [-0.1, -0.05) is 5.16 Å². The molecule has 0 saturated carbocycles. The molecule has 0 bridgehead atoms. The van der Waals surface area contributed by atoms with Gasteiger partial charge in [-0.2, -0.15) is 10.1 Å². The standard InChI is InChI=1S/C12H17N7O/c1-4-19-11-10(7(2)16-19)15-12(13)18(11)6-5-9-14-8(3)20-17-9/h4-6H2,1-3H3,(H2,13,15). The summed E-state index contributed by atoms with van der Waals surface area (Å²) in [7, 11) is 0. The number of rotatable bonds is 4. The zero-order valence-corrected chi connectivity index (χ0v) is 11.8. The largest absolute Gasteiger partial charge is 0.369 e. The summed E-state index contributed by atoms with van der Waals surface area (Å²) in [6.45, 7) is 7.18. The molecule has 0 unspecified atom stereocenters. The van der Waals surface area contributed by atoms with E-state index in [1.807, 2.05) is 23.1 Å². The Balaban J connectivity index is 1.96. The first-order valence-electron chi connectivity index (χ1n) is 6.58. The van der Waals surface area contributed by atoms with E-state index in [1.54, 1.807) is 6.92 Å². The first-order valence-corrected chi connectivity index (χ1v) is 6.58. The van der Waals surface area contributed by atoms with Gasteiger partial charge in [0.2, 0.25) is 11.8 Å². The van der Waals surface area contributed by atoms with Crippen LogP contribution in [0.4, 0.5) is 5.95 Å². The zero-order valence-electron chi connectivity index (χ0n) is 11.8. The Morgan fingerprint density at radius 3 is 2.70 bits per heavy atom. The van der Waals surface area contributed by atoms with Crippen LogP contribution >= 0.6 is 0 Å². The van der Waals surface area contributed by atoms with E-state index in [-0.39, 0.29) is 0 Å². The molecule has 3 aromatic rings. The number of nitrogens with two attached hydrogens (primary N) is 1. The summed E-state index contributed by atoms with van der Waals surface area (Å²) in [5.41, 5.74) is 8.70. The summed E-state index contributed by atoms with van der Waals surface area (Å²) < 4.78 is 8.83. The summed E-state index contributed by atoms with van der Waals surface area (Å²) in [5, 5.41) is 8.35. The fraction of sp³-hybridized carbons (Fsp3) is 0.500. The quantitative estimate of drug-likeness (QED) is 0.764. The molecule has 0 saturated heterocycles. The molecule has 0 fully saturated rings. The lowest BCUT2D eigenvalue weighted by molar-refractivity contribution is 0.386. The molecule has 2 N–H and O–H groups in total. The van der Waals surface area contributed by atoms with E-state index in [4.69, 9.17) is 10.3 Å². The highest BCUT2D eigenvalue weighted by molar-refractivity contribution is 5.77. The normalized spacial score (nSPS) is 11.6. The Kier molecular flexibility index (Phi) is 2.92. The number of anilines is 1. The number of hydrogen-bond donors (Lipinski definition) is 1. The summed E-state index contributed by atoms with van der Waals surface area (Å²) in [6.07, 6.45) is 0.640. The predicted molar refractivity (Wildman–Crippen MR) is 73.1 cm³/mol. The molecule has 3 rings (SSSR count). The van der Waals surface area contributed by atoms with E-state index >= 15 is 0 Å². The van der Waals surface area contributed by atoms with Crippen LogP contribution in [0, 0.1) is 13.8 Å². The molecule has 0 spiro atoms. The number of aromatic nitrogens is 6. The molecule has 0 aliphatic rings. The molecular weight excluding hydrogens is 258 g/mol. The lowest BCUT2D eigenvalue weighted by atomic mass is 10.4. The van der Waals surface area contributed by atoms with Gasteiger partial charge in [-0.25, -0.2) is 9.67 Å². The van der Waals surface area contributed by atoms with Gasteiger partial charge in [0.15, 0.2) is 11.5 Å². The molecule has 8 nitrogen and oxygen atoms in total. The van der Waals surface area contributed by atoms with Gasteiger partial charge in [-0.15, -0.1) is 0 Å². The minimum absolute atomic E-state index is 0.489. The molecule has 0 aromatic carbocycles. The summed E-state index contributed by atoms with van der Waals surface area (Å²) in [5.74, 6) is 1.73. The van der Waals surface area contributed by atoms with Crippen molar-refractivity contribution in [2.45, 2.75) is 40.3 Å². The first kappa shape index (κ1) is 12.6. The van der Waals surface area contributed by atoms with Gasteiger partial charge in [-0.3, -0.25) is 4.57 Å². The van der Waals surface area contributed by atoms with E-state index < -0.39 is 0 Å². The number of nitrogen functional groups attached to an aromatic ring is 1. The van der Waals surface area contributed by atoms with Crippen LogP contribution in [0.25, 0.3) is 11.2 Å². The Hall–Kier alpha value is -2.38. The van der Waals surface area contributed by atoms with Crippen LogP contribution in [0.3, 0.4) is 0 Å². The average Bonchev–Trinajstić information content (AvgIpc) is 3.05. The Bertz CT molecular complexity index is 751. The van der Waals surface area contributed by atoms with Gasteiger partial charge < -0.3 is 10.3 Å². The number of imidazole rings is 1. The van der Waals surface area contributed by atoms with Crippen LogP contribution in [-0.4, -0.2) is 29.5 Å². The highest BCUT2D eigenvalue weighted by Crippen LogP contribution is 2.21. The molecule has 0 aliphatic carbocycles. The minimum Gasteiger partial charge on any atom is -0.369 e. The van der Waals surface area contributed by atoms with Gasteiger partial charge in [0.05, 0.1) is 5.69 Å². The molecule has 3 aromatic heterocycles. The third-order valence-corrected chi connectivity index (χ3v) is 3.26. The molecule has 106 valence electrons. The lowest BCUT2D eigenvalue weighted by Gasteiger charge is -2.06. The lowest BCUT2D eigenvalue weighted by Crippen LogP contribution is -2.10. The molecule has 20 heavy (non-hydrogen) atoms. The van der Waals surface area contributed by atoms with Crippen LogP contribution in [0.1, 0.15) is 24.3 Å². The monoisotopic (exact) mass is 275 g/mol. The van der Waals surface area contributed by atoms with E-state index in [9.17, 15) is 0 Å². The van der Waals surface area contributed by atoms with Crippen LogP contribution in [0.5, 0.6) is 0 Å². The third kappa shape index (κ3) is 1.93. The highest BCUT2D eigenvalue weighted by Gasteiger charge is 2.17. The molecule has 0 aliphatic heterocycles. The van der Waals surface area contributed by atoms with E-state index in [1.165, 1.54) is 0 Å². The first-order chi connectivity index (χ1) is 9.60. The zero-order chi connectivity index (χ0) is 14.3. The Labute approximate surface area is 115 Å². The predicted octanol–water partition coefficient (Wildman–Crippen LogP) is 1.08. The molecular formula is C12H17N7O. The van der Waals surface area contributed by atoms with E-state index in [2.05, 4.69) is 20.2 Å².